The molecular formula is C20H29N3O4. The highest BCUT2D eigenvalue weighted by molar-refractivity contribution is 5.80. The van der Waals surface area contributed by atoms with Gasteiger partial charge in [0.05, 0.1) is 7.11 Å². The Morgan fingerprint density at radius 2 is 2.00 bits per heavy atom. The second-order valence-corrected chi connectivity index (χ2v) is 7.82. The molecule has 2 bridgehead atoms. The third-order valence-corrected chi connectivity index (χ3v) is 5.75. The lowest BCUT2D eigenvalue weighted by atomic mass is 9.78. The van der Waals surface area contributed by atoms with Crippen molar-refractivity contribution >= 4 is 11.9 Å². The highest BCUT2D eigenvalue weighted by Crippen LogP contribution is 2.41. The van der Waals surface area contributed by atoms with Gasteiger partial charge in [0, 0.05) is 57.2 Å². The number of amides is 1. The monoisotopic (exact) mass is 375 g/mol. The van der Waals surface area contributed by atoms with Crippen molar-refractivity contribution in [1.29, 1.82) is 0 Å². The van der Waals surface area contributed by atoms with Crippen LogP contribution in [0.1, 0.15) is 43.3 Å². The number of hydrogen-bond acceptors (Lipinski definition) is 5. The van der Waals surface area contributed by atoms with E-state index in [1.807, 2.05) is 6.07 Å². The molecule has 0 saturated carbocycles. The molecule has 2 aliphatic heterocycles. The topological polar surface area (TPSA) is 71.8 Å². The summed E-state index contributed by atoms with van der Waals surface area (Å²) in [7, 11) is 4.90. The van der Waals surface area contributed by atoms with Crippen molar-refractivity contribution in [3.05, 3.63) is 34.2 Å². The van der Waals surface area contributed by atoms with E-state index in [-0.39, 0.29) is 29.3 Å². The molecule has 27 heavy (non-hydrogen) atoms. The van der Waals surface area contributed by atoms with Gasteiger partial charge in [-0.25, -0.2) is 0 Å². The first kappa shape index (κ1) is 19.6. The molecule has 1 saturated heterocycles. The number of piperidine rings is 1. The van der Waals surface area contributed by atoms with E-state index < -0.39 is 6.04 Å². The lowest BCUT2D eigenvalue weighted by Gasteiger charge is -2.46. The van der Waals surface area contributed by atoms with Gasteiger partial charge in [0.2, 0.25) is 5.91 Å². The second kappa shape index (κ2) is 8.25. The minimum atomic E-state index is -0.433. The Kier molecular flexibility index (Phi) is 5.99. The van der Waals surface area contributed by atoms with E-state index >= 15 is 0 Å². The Morgan fingerprint density at radius 3 is 2.70 bits per heavy atom. The van der Waals surface area contributed by atoms with E-state index in [9.17, 15) is 14.4 Å². The molecule has 2 aliphatic rings. The maximum atomic E-state index is 12.9. The number of nitrogens with zero attached hydrogens (tertiary/aromatic N) is 3. The summed E-state index contributed by atoms with van der Waals surface area (Å²) in [5.74, 6) is 0.215. The van der Waals surface area contributed by atoms with Gasteiger partial charge >= 0.3 is 5.97 Å². The average Bonchev–Trinajstić information content (AvgIpc) is 2.65. The number of likely N-dealkylation sites (N-methyl/N-ethyl adjacent to an activating group) is 1. The zero-order chi connectivity index (χ0) is 19.6. The SMILES string of the molecule is COC(=O)CCCCN1C[C@H]2C[C@@H](C1)[C@H](C(=O)N(C)C)n1c2cccc1=O. The number of methoxy groups -OCH3 is 1. The van der Waals surface area contributed by atoms with E-state index in [0.717, 1.165) is 44.6 Å². The molecular weight excluding hydrogens is 346 g/mol. The number of unbranched alkanes of at least 4 members (excludes halogenated alkanes) is 1. The van der Waals surface area contributed by atoms with Gasteiger partial charge < -0.3 is 14.5 Å². The predicted octanol–water partition coefficient (Wildman–Crippen LogP) is 1.24. The molecule has 0 spiro atoms. The van der Waals surface area contributed by atoms with Crippen molar-refractivity contribution in [3.63, 3.8) is 0 Å². The normalized spacial score (nSPS) is 24.2. The molecule has 0 N–H and O–H groups in total. The van der Waals surface area contributed by atoms with E-state index in [0.29, 0.717) is 6.42 Å². The summed E-state index contributed by atoms with van der Waals surface area (Å²) in [6, 6.07) is 4.89. The molecule has 1 aromatic rings. The zero-order valence-corrected chi connectivity index (χ0v) is 16.4. The van der Waals surface area contributed by atoms with Crippen LogP contribution in [0.3, 0.4) is 0 Å². The number of carbonyl (C=O) groups is 2. The minimum Gasteiger partial charge on any atom is -0.469 e. The predicted molar refractivity (Wildman–Crippen MR) is 102 cm³/mol. The van der Waals surface area contributed by atoms with E-state index in [1.165, 1.54) is 7.11 Å². The fraction of sp³-hybridized carbons (Fsp3) is 0.650. The number of aromatic nitrogens is 1. The van der Waals surface area contributed by atoms with Crippen molar-refractivity contribution in [2.45, 2.75) is 37.6 Å². The quantitative estimate of drug-likeness (QED) is 0.553. The van der Waals surface area contributed by atoms with Crippen LogP contribution in [-0.4, -0.2) is 67.1 Å². The summed E-state index contributed by atoms with van der Waals surface area (Å²) in [5.41, 5.74) is 0.882. The number of pyridine rings is 1. The summed E-state index contributed by atoms with van der Waals surface area (Å²) in [4.78, 5) is 40.7. The molecule has 148 valence electrons. The van der Waals surface area contributed by atoms with Crippen LogP contribution in [0.2, 0.25) is 0 Å². The number of carbonyl (C=O) groups excluding carboxylic acids is 2. The van der Waals surface area contributed by atoms with Crippen molar-refractivity contribution in [2.75, 3.05) is 40.8 Å². The summed E-state index contributed by atoms with van der Waals surface area (Å²) < 4.78 is 6.42. The van der Waals surface area contributed by atoms with Gasteiger partial charge in [0.1, 0.15) is 6.04 Å². The van der Waals surface area contributed by atoms with Gasteiger partial charge in [-0.2, -0.15) is 0 Å². The Labute approximate surface area is 159 Å². The Hall–Kier alpha value is -2.15. The van der Waals surface area contributed by atoms with E-state index in [2.05, 4.69) is 9.64 Å². The molecule has 0 aliphatic carbocycles. The number of hydrogen-bond donors (Lipinski definition) is 0. The number of ether oxygens (including phenoxy) is 1. The standard InChI is InChI=1S/C20H29N3O4/c1-21(2)20(26)19-15-11-14(16-7-6-8-17(24)23(16)19)12-22(13-15)10-5-4-9-18(25)27-3/h6-8,14-15,19H,4-5,9-13H2,1-3H3/t14-,15+,19-/m1/s1. The van der Waals surface area contributed by atoms with Gasteiger partial charge in [-0.05, 0) is 31.9 Å². The molecule has 0 radical (unpaired) electrons. The summed E-state index contributed by atoms with van der Waals surface area (Å²) in [6.45, 7) is 2.59. The molecule has 1 aromatic heterocycles. The van der Waals surface area contributed by atoms with Crippen molar-refractivity contribution in [1.82, 2.24) is 14.4 Å². The van der Waals surface area contributed by atoms with Gasteiger partial charge in [-0.1, -0.05) is 6.07 Å². The first-order valence-electron chi connectivity index (χ1n) is 9.64. The van der Waals surface area contributed by atoms with Crippen LogP contribution >= 0.6 is 0 Å². The number of likely N-dealkylation sites (tertiary alicyclic amines) is 1. The van der Waals surface area contributed by atoms with Crippen LogP contribution in [0.15, 0.2) is 23.0 Å². The van der Waals surface area contributed by atoms with Crippen LogP contribution < -0.4 is 5.56 Å². The molecule has 0 unspecified atom stereocenters. The van der Waals surface area contributed by atoms with Crippen molar-refractivity contribution in [2.24, 2.45) is 5.92 Å². The lowest BCUT2D eigenvalue weighted by molar-refractivity contribution is -0.141. The molecule has 1 fully saturated rings. The molecule has 1 amide bonds. The maximum Gasteiger partial charge on any atom is 0.305 e. The van der Waals surface area contributed by atoms with Gasteiger partial charge in [0.15, 0.2) is 0 Å². The van der Waals surface area contributed by atoms with Crippen molar-refractivity contribution < 1.29 is 14.3 Å². The lowest BCUT2D eigenvalue weighted by Crippen LogP contribution is -2.53. The maximum absolute atomic E-state index is 12.9. The van der Waals surface area contributed by atoms with Crippen molar-refractivity contribution in [3.8, 4) is 0 Å². The zero-order valence-electron chi connectivity index (χ0n) is 16.4. The number of fused-ring (bicyclic) bond motifs is 4. The second-order valence-electron chi connectivity index (χ2n) is 7.82. The molecule has 3 heterocycles. The molecule has 7 nitrogen and oxygen atoms in total. The van der Waals surface area contributed by atoms with E-state index in [4.69, 9.17) is 0 Å². The number of rotatable bonds is 6. The molecule has 0 aromatic carbocycles. The fourth-order valence-corrected chi connectivity index (χ4v) is 4.50. The summed E-state index contributed by atoms with van der Waals surface area (Å²) in [5, 5.41) is 0. The van der Waals surface area contributed by atoms with Crippen LogP contribution in [-0.2, 0) is 14.3 Å². The molecule has 7 heteroatoms. The third-order valence-electron chi connectivity index (χ3n) is 5.75. The Balaban J connectivity index is 1.77. The van der Waals surface area contributed by atoms with Crippen LogP contribution in [0, 0.1) is 5.92 Å². The average molecular weight is 375 g/mol. The highest BCUT2D eigenvalue weighted by atomic mass is 16.5. The largest absolute Gasteiger partial charge is 0.469 e. The highest BCUT2D eigenvalue weighted by Gasteiger charge is 2.43. The smallest absolute Gasteiger partial charge is 0.305 e. The Bertz CT molecular complexity index is 758. The summed E-state index contributed by atoms with van der Waals surface area (Å²) >= 11 is 0. The molecule has 3 rings (SSSR count). The first-order chi connectivity index (χ1) is 12.9. The molecule has 3 atom stereocenters. The third kappa shape index (κ3) is 4.08. The van der Waals surface area contributed by atoms with Crippen LogP contribution in [0.4, 0.5) is 0 Å². The van der Waals surface area contributed by atoms with Crippen LogP contribution in [0.5, 0.6) is 0 Å². The minimum absolute atomic E-state index is 0.0134. The summed E-state index contributed by atoms with van der Waals surface area (Å²) in [6.07, 6.45) is 3.10. The first-order valence-corrected chi connectivity index (χ1v) is 9.64. The van der Waals surface area contributed by atoms with Gasteiger partial charge in [0.25, 0.3) is 5.56 Å². The number of esters is 1. The van der Waals surface area contributed by atoms with Crippen LogP contribution in [0.25, 0.3) is 0 Å². The van der Waals surface area contributed by atoms with Gasteiger partial charge in [-0.3, -0.25) is 19.0 Å². The fourth-order valence-electron chi connectivity index (χ4n) is 4.50. The Morgan fingerprint density at radius 1 is 1.22 bits per heavy atom. The van der Waals surface area contributed by atoms with Gasteiger partial charge in [-0.15, -0.1) is 0 Å². The van der Waals surface area contributed by atoms with E-state index in [1.54, 1.807) is 35.7 Å².